The fourth-order valence-corrected chi connectivity index (χ4v) is 6.57. The average Bonchev–Trinajstić information content (AvgIpc) is 3.56. The van der Waals surface area contributed by atoms with E-state index in [1.165, 1.54) is 0 Å². The van der Waals surface area contributed by atoms with Gasteiger partial charge in [0.2, 0.25) is 5.91 Å². The first-order chi connectivity index (χ1) is 19.9. The van der Waals surface area contributed by atoms with Gasteiger partial charge in [-0.15, -0.1) is 0 Å². The summed E-state index contributed by atoms with van der Waals surface area (Å²) in [4.78, 5) is 25.3. The Hall–Kier alpha value is -4.11. The Morgan fingerprint density at radius 1 is 1.10 bits per heavy atom. The largest absolute Gasteiger partial charge is 0.496 e. The van der Waals surface area contributed by atoms with Gasteiger partial charge < -0.3 is 25.4 Å². The third kappa shape index (κ3) is 4.78. The molecular weight excluding hydrogens is 516 g/mol. The number of hydrogen-bond acceptors (Lipinski definition) is 7. The molecule has 0 bridgehead atoms. The monoisotopic (exact) mass is 554 g/mol. The van der Waals surface area contributed by atoms with Gasteiger partial charge in [0.15, 0.2) is 0 Å². The highest BCUT2D eigenvalue weighted by atomic mass is 16.5. The summed E-state index contributed by atoms with van der Waals surface area (Å²) in [5.74, 6) is 3.35. The average molecular weight is 555 g/mol. The highest BCUT2D eigenvalue weighted by Gasteiger charge is 2.34. The number of nitrogens with one attached hydrogen (secondary N) is 1. The van der Waals surface area contributed by atoms with Gasteiger partial charge in [-0.2, -0.15) is 0 Å². The lowest BCUT2D eigenvalue weighted by Crippen LogP contribution is -2.39. The number of carbonyl (C=O) groups excluding carboxylic acids is 1. The molecule has 1 fully saturated rings. The Labute approximate surface area is 240 Å². The maximum absolute atomic E-state index is 13.5. The molecule has 3 heterocycles. The van der Waals surface area contributed by atoms with Crippen LogP contribution in [0.25, 0.3) is 16.8 Å². The number of aromatic nitrogens is 3. The number of anilines is 2. The van der Waals surface area contributed by atoms with Crippen molar-refractivity contribution in [3.05, 3.63) is 65.9 Å². The number of nitrogens with two attached hydrogens (primary N) is 1. The highest BCUT2D eigenvalue weighted by molar-refractivity contribution is 6.00. The number of imidazole rings is 1. The van der Waals surface area contributed by atoms with E-state index < -0.39 is 0 Å². The summed E-state index contributed by atoms with van der Waals surface area (Å²) in [6.07, 6.45) is 8.86. The van der Waals surface area contributed by atoms with E-state index in [0.717, 1.165) is 77.5 Å². The van der Waals surface area contributed by atoms with Crippen molar-refractivity contribution in [3.63, 3.8) is 0 Å². The molecule has 9 heteroatoms. The molecule has 9 nitrogen and oxygen atoms in total. The summed E-state index contributed by atoms with van der Waals surface area (Å²) in [7, 11) is 5.22. The molecule has 1 unspecified atom stereocenters. The molecule has 214 valence electrons. The third-order valence-electron chi connectivity index (χ3n) is 8.92. The molecular formula is C32H38N6O3. The van der Waals surface area contributed by atoms with Crippen LogP contribution in [0.15, 0.2) is 48.8 Å². The van der Waals surface area contributed by atoms with Crippen LogP contribution in [0.1, 0.15) is 48.7 Å². The highest BCUT2D eigenvalue weighted by Crippen LogP contribution is 2.40. The van der Waals surface area contributed by atoms with Gasteiger partial charge in [-0.05, 0) is 69.3 Å². The van der Waals surface area contributed by atoms with Crippen molar-refractivity contribution in [2.24, 2.45) is 11.7 Å². The number of rotatable bonds is 7. The van der Waals surface area contributed by atoms with Crippen LogP contribution >= 0.6 is 0 Å². The molecule has 2 aliphatic rings. The Balaban J connectivity index is 1.29. The number of methoxy groups -OCH3 is 2. The van der Waals surface area contributed by atoms with E-state index in [-0.39, 0.29) is 11.9 Å². The normalized spacial score (nSPS) is 20.2. The number of hydrogen-bond donors (Lipinski definition) is 2. The van der Waals surface area contributed by atoms with Crippen molar-refractivity contribution >= 4 is 22.8 Å². The van der Waals surface area contributed by atoms with Crippen molar-refractivity contribution in [1.82, 2.24) is 14.4 Å². The molecule has 41 heavy (non-hydrogen) atoms. The summed E-state index contributed by atoms with van der Waals surface area (Å²) >= 11 is 0. The number of nitrogens with zero attached hydrogens (tertiary/aromatic N) is 4. The first-order valence-corrected chi connectivity index (χ1v) is 14.3. The van der Waals surface area contributed by atoms with Crippen LogP contribution < -0.4 is 25.4 Å². The van der Waals surface area contributed by atoms with E-state index in [1.807, 2.05) is 67.7 Å². The van der Waals surface area contributed by atoms with E-state index in [4.69, 9.17) is 20.2 Å². The van der Waals surface area contributed by atoms with Crippen LogP contribution in [0.2, 0.25) is 0 Å². The van der Waals surface area contributed by atoms with Crippen molar-refractivity contribution in [2.45, 2.75) is 51.0 Å². The van der Waals surface area contributed by atoms with Gasteiger partial charge in [0.1, 0.15) is 23.4 Å². The second kappa shape index (κ2) is 11.0. The molecule has 0 radical (unpaired) electrons. The molecule has 1 aliphatic heterocycles. The molecule has 3 N–H and O–H groups in total. The summed E-state index contributed by atoms with van der Waals surface area (Å²) < 4.78 is 13.5. The fraction of sp³-hybridized carbons (Fsp3) is 0.406. The number of ether oxygens (including phenoxy) is 2. The van der Waals surface area contributed by atoms with Crippen molar-refractivity contribution in [3.8, 4) is 22.8 Å². The zero-order valence-electron chi connectivity index (χ0n) is 24.2. The first-order valence-electron chi connectivity index (χ1n) is 14.3. The van der Waals surface area contributed by atoms with Gasteiger partial charge in [-0.25, -0.2) is 4.98 Å². The van der Waals surface area contributed by atoms with Crippen LogP contribution in [-0.4, -0.2) is 54.1 Å². The van der Waals surface area contributed by atoms with Gasteiger partial charge >= 0.3 is 0 Å². The maximum atomic E-state index is 13.5. The molecule has 1 atom stereocenters. The van der Waals surface area contributed by atoms with E-state index in [2.05, 4.69) is 14.7 Å². The number of benzene rings is 2. The number of aryl methyl sites for hydroxylation is 1. The van der Waals surface area contributed by atoms with Gasteiger partial charge in [-0.1, -0.05) is 12.1 Å². The van der Waals surface area contributed by atoms with Gasteiger partial charge in [-0.3, -0.25) is 14.2 Å². The summed E-state index contributed by atoms with van der Waals surface area (Å²) in [5.41, 5.74) is 12.3. The minimum absolute atomic E-state index is 0.0975. The fourth-order valence-electron chi connectivity index (χ4n) is 6.57. The second-order valence-corrected chi connectivity index (χ2v) is 11.2. The molecule has 1 saturated carbocycles. The lowest BCUT2D eigenvalue weighted by atomic mass is 9.81. The Kier molecular flexibility index (Phi) is 7.30. The first kappa shape index (κ1) is 27.1. The van der Waals surface area contributed by atoms with Gasteiger partial charge in [0.05, 0.1) is 36.8 Å². The van der Waals surface area contributed by atoms with Crippen molar-refractivity contribution in [2.75, 3.05) is 38.0 Å². The number of amides is 1. The zero-order chi connectivity index (χ0) is 28.7. The lowest BCUT2D eigenvalue weighted by Gasteiger charge is -2.26. The minimum atomic E-state index is -0.353. The molecule has 0 spiro atoms. The predicted octanol–water partition coefficient (Wildman–Crippen LogP) is 4.95. The van der Waals surface area contributed by atoms with E-state index in [1.54, 1.807) is 14.2 Å². The quantitative estimate of drug-likeness (QED) is 0.333. The number of fused-ring (bicyclic) bond motifs is 2. The SMILES string of the molecule is COc1cc(-c2nc(C3CCC(CN)CC3)n3ccnc(C)c23)ccc1NC(=O)C1Cc2c(OC)cccc2N1C. The predicted molar refractivity (Wildman–Crippen MR) is 161 cm³/mol. The second-order valence-electron chi connectivity index (χ2n) is 11.2. The van der Waals surface area contributed by atoms with Gasteiger partial charge in [0.25, 0.3) is 0 Å². The topological polar surface area (TPSA) is 107 Å². The number of carbonyl (C=O) groups is 1. The van der Waals surface area contributed by atoms with Crippen LogP contribution in [0.4, 0.5) is 11.4 Å². The van der Waals surface area contributed by atoms with Crippen LogP contribution in [0.5, 0.6) is 11.5 Å². The van der Waals surface area contributed by atoms with Crippen LogP contribution in [0, 0.1) is 12.8 Å². The van der Waals surface area contributed by atoms with Gasteiger partial charge in [0, 0.05) is 48.6 Å². The van der Waals surface area contributed by atoms with Crippen molar-refractivity contribution < 1.29 is 14.3 Å². The van der Waals surface area contributed by atoms with Crippen LogP contribution in [-0.2, 0) is 11.2 Å². The molecule has 0 saturated heterocycles. The standard InChI is InChI=1S/C32H38N6O3/c1-19-30-29(36-31(38(30)15-14-34-19)21-10-8-20(18-33)9-11-21)22-12-13-24(28(16-22)41-4)35-32(39)26-17-23-25(37(26)2)6-5-7-27(23)40-3/h5-7,12-16,20-21,26H,8-11,17-18,33H2,1-4H3,(H,35,39). The molecule has 6 rings (SSSR count). The molecule has 2 aromatic heterocycles. The molecule has 1 amide bonds. The van der Waals surface area contributed by atoms with Crippen LogP contribution in [0.3, 0.4) is 0 Å². The van der Waals surface area contributed by atoms with E-state index in [9.17, 15) is 4.79 Å². The zero-order valence-corrected chi connectivity index (χ0v) is 24.2. The smallest absolute Gasteiger partial charge is 0.247 e. The summed E-state index contributed by atoms with van der Waals surface area (Å²) in [6.45, 7) is 2.77. The number of likely N-dealkylation sites (N-methyl/N-ethyl adjacent to an activating group) is 1. The molecule has 4 aromatic rings. The summed E-state index contributed by atoms with van der Waals surface area (Å²) in [5, 5.41) is 3.11. The minimum Gasteiger partial charge on any atom is -0.496 e. The van der Waals surface area contributed by atoms with E-state index >= 15 is 0 Å². The maximum Gasteiger partial charge on any atom is 0.247 e. The van der Waals surface area contributed by atoms with Crippen molar-refractivity contribution in [1.29, 1.82) is 0 Å². The summed E-state index contributed by atoms with van der Waals surface area (Å²) in [6, 6.07) is 11.4. The third-order valence-corrected chi connectivity index (χ3v) is 8.92. The Morgan fingerprint density at radius 3 is 2.61 bits per heavy atom. The molecule has 2 aromatic carbocycles. The Morgan fingerprint density at radius 2 is 1.88 bits per heavy atom. The Bertz CT molecular complexity index is 1590. The molecule has 1 aliphatic carbocycles. The lowest BCUT2D eigenvalue weighted by molar-refractivity contribution is -0.117. The van der Waals surface area contributed by atoms with E-state index in [0.29, 0.717) is 29.7 Å².